The second-order valence-electron chi connectivity index (χ2n) is 5.70. The van der Waals surface area contributed by atoms with Crippen molar-refractivity contribution in [2.45, 2.75) is 58.9 Å². The number of nitrogens with one attached hydrogen (secondary N) is 2. The number of rotatable bonds is 10. The Balaban J connectivity index is 1.92. The maximum atomic E-state index is 3.59. The van der Waals surface area contributed by atoms with Gasteiger partial charge in [-0.05, 0) is 57.2 Å². The lowest BCUT2D eigenvalue weighted by Crippen LogP contribution is -2.27. The van der Waals surface area contributed by atoms with Gasteiger partial charge in [0.1, 0.15) is 0 Å². The van der Waals surface area contributed by atoms with Crippen molar-refractivity contribution in [3.63, 3.8) is 0 Å². The third-order valence-electron chi connectivity index (χ3n) is 3.36. The van der Waals surface area contributed by atoms with Gasteiger partial charge >= 0.3 is 0 Å². The van der Waals surface area contributed by atoms with Gasteiger partial charge in [0.25, 0.3) is 0 Å². The highest BCUT2D eigenvalue weighted by Crippen LogP contribution is 2.18. The third-order valence-corrected chi connectivity index (χ3v) is 3.36. The predicted octanol–water partition coefficient (Wildman–Crippen LogP) is 2.79. The Morgan fingerprint density at radius 2 is 1.94 bits per heavy atom. The molecule has 1 aliphatic rings. The van der Waals surface area contributed by atoms with E-state index < -0.39 is 0 Å². The molecule has 0 heterocycles. The van der Waals surface area contributed by atoms with Gasteiger partial charge in [0.2, 0.25) is 0 Å². The molecular formula is C14H30N2. The zero-order valence-corrected chi connectivity index (χ0v) is 11.4. The molecule has 1 rings (SSSR count). The number of hydrogen-bond donors (Lipinski definition) is 2. The van der Waals surface area contributed by atoms with E-state index in [0.29, 0.717) is 0 Å². The third kappa shape index (κ3) is 7.24. The molecule has 0 spiro atoms. The van der Waals surface area contributed by atoms with E-state index in [2.05, 4.69) is 31.4 Å². The summed E-state index contributed by atoms with van der Waals surface area (Å²) in [6, 6.07) is 0.874. The minimum absolute atomic E-state index is 0.772. The van der Waals surface area contributed by atoms with E-state index in [1.807, 2.05) is 0 Å². The van der Waals surface area contributed by atoms with Crippen LogP contribution in [0.15, 0.2) is 0 Å². The Labute approximate surface area is 102 Å². The summed E-state index contributed by atoms with van der Waals surface area (Å²) >= 11 is 0. The maximum Gasteiger partial charge on any atom is 0.00682 e. The van der Waals surface area contributed by atoms with Crippen molar-refractivity contribution < 1.29 is 0 Å². The van der Waals surface area contributed by atoms with Crippen LogP contribution < -0.4 is 10.6 Å². The molecule has 2 N–H and O–H groups in total. The van der Waals surface area contributed by atoms with Crippen molar-refractivity contribution in [3.05, 3.63) is 0 Å². The molecule has 1 unspecified atom stereocenters. The van der Waals surface area contributed by atoms with Crippen LogP contribution in [0.4, 0.5) is 0 Å². The zero-order valence-electron chi connectivity index (χ0n) is 11.4. The predicted molar refractivity (Wildman–Crippen MR) is 71.7 cm³/mol. The summed E-state index contributed by atoms with van der Waals surface area (Å²) in [5.41, 5.74) is 0. The fourth-order valence-corrected chi connectivity index (χ4v) is 2.01. The van der Waals surface area contributed by atoms with Crippen LogP contribution in [0.2, 0.25) is 0 Å². The van der Waals surface area contributed by atoms with Gasteiger partial charge in [0, 0.05) is 6.04 Å². The first kappa shape index (κ1) is 14.0. The van der Waals surface area contributed by atoms with E-state index in [1.165, 1.54) is 45.2 Å². The van der Waals surface area contributed by atoms with Crippen molar-refractivity contribution in [2.75, 3.05) is 19.6 Å². The molecule has 1 saturated carbocycles. The Hall–Kier alpha value is -0.0800. The van der Waals surface area contributed by atoms with Crippen LogP contribution in [0.1, 0.15) is 52.9 Å². The van der Waals surface area contributed by atoms with Crippen LogP contribution in [-0.4, -0.2) is 25.7 Å². The summed E-state index contributed by atoms with van der Waals surface area (Å²) < 4.78 is 0. The summed E-state index contributed by atoms with van der Waals surface area (Å²) in [6.07, 6.45) is 6.86. The molecule has 1 aliphatic carbocycles. The average molecular weight is 226 g/mol. The molecule has 96 valence electrons. The Bertz CT molecular complexity index is 164. The molecule has 0 radical (unpaired) electrons. The largest absolute Gasteiger partial charge is 0.316 e. The SMILES string of the molecule is CCC(CCCNC1CC1)CNCC(C)C. The van der Waals surface area contributed by atoms with Gasteiger partial charge < -0.3 is 10.6 Å². The summed E-state index contributed by atoms with van der Waals surface area (Å²) in [5.74, 6) is 1.65. The molecule has 2 nitrogen and oxygen atoms in total. The molecule has 0 aliphatic heterocycles. The molecular weight excluding hydrogens is 196 g/mol. The van der Waals surface area contributed by atoms with Crippen LogP contribution in [0.3, 0.4) is 0 Å². The highest BCUT2D eigenvalue weighted by molar-refractivity contribution is 4.80. The van der Waals surface area contributed by atoms with Crippen molar-refractivity contribution in [1.29, 1.82) is 0 Å². The minimum atomic E-state index is 0.772. The molecule has 0 aromatic heterocycles. The molecule has 16 heavy (non-hydrogen) atoms. The first-order valence-electron chi connectivity index (χ1n) is 7.16. The van der Waals surface area contributed by atoms with Gasteiger partial charge in [-0.1, -0.05) is 27.2 Å². The van der Waals surface area contributed by atoms with Gasteiger partial charge in [0.05, 0.1) is 0 Å². The first-order chi connectivity index (χ1) is 7.72. The second-order valence-corrected chi connectivity index (χ2v) is 5.70. The van der Waals surface area contributed by atoms with Gasteiger partial charge in [-0.25, -0.2) is 0 Å². The van der Waals surface area contributed by atoms with E-state index >= 15 is 0 Å². The molecule has 0 aromatic carbocycles. The van der Waals surface area contributed by atoms with Crippen molar-refractivity contribution in [2.24, 2.45) is 11.8 Å². The Kier molecular flexibility index (Phi) is 7.06. The van der Waals surface area contributed by atoms with Crippen LogP contribution in [0.5, 0.6) is 0 Å². The zero-order chi connectivity index (χ0) is 11.8. The van der Waals surface area contributed by atoms with E-state index in [1.54, 1.807) is 0 Å². The van der Waals surface area contributed by atoms with Gasteiger partial charge in [-0.2, -0.15) is 0 Å². The van der Waals surface area contributed by atoms with Gasteiger partial charge in [-0.15, -0.1) is 0 Å². The van der Waals surface area contributed by atoms with Gasteiger partial charge in [-0.3, -0.25) is 0 Å². The fraction of sp³-hybridized carbons (Fsp3) is 1.00. The summed E-state index contributed by atoms with van der Waals surface area (Å²) in [6.45, 7) is 10.5. The lowest BCUT2D eigenvalue weighted by Gasteiger charge is -2.16. The van der Waals surface area contributed by atoms with Crippen LogP contribution >= 0.6 is 0 Å². The van der Waals surface area contributed by atoms with E-state index in [9.17, 15) is 0 Å². The highest BCUT2D eigenvalue weighted by Gasteiger charge is 2.19. The first-order valence-corrected chi connectivity index (χ1v) is 7.16. The highest BCUT2D eigenvalue weighted by atomic mass is 14.9. The molecule has 0 amide bonds. The van der Waals surface area contributed by atoms with E-state index in [0.717, 1.165) is 24.4 Å². The topological polar surface area (TPSA) is 24.1 Å². The van der Waals surface area contributed by atoms with Crippen molar-refractivity contribution >= 4 is 0 Å². The van der Waals surface area contributed by atoms with E-state index in [-0.39, 0.29) is 0 Å². The normalized spacial score (nSPS) is 18.0. The lowest BCUT2D eigenvalue weighted by atomic mass is 10.00. The molecule has 2 heteroatoms. The maximum absolute atomic E-state index is 3.59. The quantitative estimate of drug-likeness (QED) is 0.560. The Morgan fingerprint density at radius 1 is 1.19 bits per heavy atom. The van der Waals surface area contributed by atoms with Crippen LogP contribution in [0, 0.1) is 11.8 Å². The molecule has 0 saturated heterocycles. The smallest absolute Gasteiger partial charge is 0.00682 e. The van der Waals surface area contributed by atoms with Crippen LogP contribution in [-0.2, 0) is 0 Å². The minimum Gasteiger partial charge on any atom is -0.316 e. The monoisotopic (exact) mass is 226 g/mol. The standard InChI is InChI=1S/C14H30N2/c1-4-13(11-15-10-12(2)3)6-5-9-16-14-7-8-14/h12-16H,4-11H2,1-3H3. The summed E-state index contributed by atoms with van der Waals surface area (Å²) in [5, 5.41) is 7.17. The second kappa shape index (κ2) is 8.08. The van der Waals surface area contributed by atoms with Gasteiger partial charge in [0.15, 0.2) is 0 Å². The van der Waals surface area contributed by atoms with Crippen LogP contribution in [0.25, 0.3) is 0 Å². The lowest BCUT2D eigenvalue weighted by molar-refractivity contribution is 0.402. The summed E-state index contributed by atoms with van der Waals surface area (Å²) in [4.78, 5) is 0. The van der Waals surface area contributed by atoms with E-state index in [4.69, 9.17) is 0 Å². The molecule has 1 fully saturated rings. The fourth-order valence-electron chi connectivity index (χ4n) is 2.01. The number of hydrogen-bond acceptors (Lipinski definition) is 2. The van der Waals surface area contributed by atoms with Crippen molar-refractivity contribution in [1.82, 2.24) is 10.6 Å². The molecule has 0 aromatic rings. The Morgan fingerprint density at radius 3 is 2.50 bits per heavy atom. The summed E-state index contributed by atoms with van der Waals surface area (Å²) in [7, 11) is 0. The molecule has 1 atom stereocenters. The van der Waals surface area contributed by atoms with Crippen molar-refractivity contribution in [3.8, 4) is 0 Å². The molecule has 0 bridgehead atoms. The average Bonchev–Trinajstić information content (AvgIpc) is 3.05.